The van der Waals surface area contributed by atoms with Gasteiger partial charge in [-0.3, -0.25) is 0 Å². The molecular formula is C14H19ClINO. The van der Waals surface area contributed by atoms with Crippen LogP contribution in [0.3, 0.4) is 0 Å². The van der Waals surface area contributed by atoms with Crippen LogP contribution in [0.5, 0.6) is 5.75 Å². The van der Waals surface area contributed by atoms with E-state index in [4.69, 9.17) is 16.3 Å². The maximum Gasteiger partial charge on any atom is 0.165 e. The number of alkyl halides is 1. The van der Waals surface area contributed by atoms with E-state index in [1.165, 1.54) is 6.42 Å². The van der Waals surface area contributed by atoms with E-state index < -0.39 is 0 Å². The van der Waals surface area contributed by atoms with Gasteiger partial charge in [0.1, 0.15) is 5.75 Å². The number of nitrogens with one attached hydrogen (secondary N) is 1. The highest BCUT2D eigenvalue weighted by atomic mass is 127. The summed E-state index contributed by atoms with van der Waals surface area (Å²) in [6.07, 6.45) is 1.18. The van der Waals surface area contributed by atoms with E-state index in [1.807, 2.05) is 24.3 Å². The maximum atomic E-state index is 6.29. The lowest BCUT2D eigenvalue weighted by Gasteiger charge is -2.37. The maximum absolute atomic E-state index is 6.29. The van der Waals surface area contributed by atoms with Gasteiger partial charge in [-0.15, -0.1) is 0 Å². The minimum absolute atomic E-state index is 0.158. The van der Waals surface area contributed by atoms with Gasteiger partial charge in [-0.05, 0) is 59.8 Å². The van der Waals surface area contributed by atoms with Crippen molar-refractivity contribution in [1.29, 1.82) is 0 Å². The van der Waals surface area contributed by atoms with Crippen molar-refractivity contribution < 1.29 is 4.74 Å². The Morgan fingerprint density at radius 2 is 2.06 bits per heavy atom. The molecule has 0 aromatic heterocycles. The lowest BCUT2D eigenvalue weighted by molar-refractivity contribution is 0.0795. The molecule has 2 atom stereocenters. The molecule has 0 saturated carbocycles. The number of benzene rings is 1. The number of hydrogen-bond acceptors (Lipinski definition) is 2. The molecule has 0 bridgehead atoms. The van der Waals surface area contributed by atoms with Crippen LogP contribution in [0.1, 0.15) is 20.3 Å². The SMILES string of the molecule is CC(C)[C@@](I)(Oc1ccc(Cl)cc1)C1CCNC1. The average molecular weight is 380 g/mol. The molecule has 0 aliphatic carbocycles. The third-order valence-electron chi connectivity index (χ3n) is 3.49. The minimum atomic E-state index is -0.158. The molecule has 1 unspecified atom stereocenters. The minimum Gasteiger partial charge on any atom is -0.476 e. The van der Waals surface area contributed by atoms with Crippen molar-refractivity contribution in [3.8, 4) is 5.75 Å². The van der Waals surface area contributed by atoms with E-state index in [9.17, 15) is 0 Å². The molecule has 100 valence electrons. The highest BCUT2D eigenvalue weighted by Gasteiger charge is 2.42. The van der Waals surface area contributed by atoms with Crippen LogP contribution in [0.15, 0.2) is 24.3 Å². The molecule has 1 heterocycles. The third kappa shape index (κ3) is 3.11. The fraction of sp³-hybridized carbons (Fsp3) is 0.571. The van der Waals surface area contributed by atoms with E-state index >= 15 is 0 Å². The predicted molar refractivity (Wildman–Crippen MR) is 84.6 cm³/mol. The van der Waals surface area contributed by atoms with Crippen LogP contribution < -0.4 is 10.1 Å². The van der Waals surface area contributed by atoms with Crippen LogP contribution in [0.4, 0.5) is 0 Å². The van der Waals surface area contributed by atoms with Crippen LogP contribution in [0.2, 0.25) is 5.02 Å². The number of rotatable bonds is 4. The zero-order valence-electron chi connectivity index (χ0n) is 10.7. The largest absolute Gasteiger partial charge is 0.476 e. The summed E-state index contributed by atoms with van der Waals surface area (Å²) in [6, 6.07) is 7.64. The molecule has 0 radical (unpaired) electrons. The van der Waals surface area contributed by atoms with Crippen molar-refractivity contribution in [1.82, 2.24) is 5.32 Å². The molecule has 4 heteroatoms. The highest BCUT2D eigenvalue weighted by molar-refractivity contribution is 14.1. The molecule has 1 fully saturated rings. The fourth-order valence-electron chi connectivity index (χ4n) is 2.35. The third-order valence-corrected chi connectivity index (χ3v) is 6.09. The van der Waals surface area contributed by atoms with E-state index in [-0.39, 0.29) is 3.61 Å². The Labute approximate surface area is 128 Å². The lowest BCUT2D eigenvalue weighted by atomic mass is 9.92. The topological polar surface area (TPSA) is 21.3 Å². The van der Waals surface area contributed by atoms with Crippen LogP contribution >= 0.6 is 34.2 Å². The van der Waals surface area contributed by atoms with Crippen molar-refractivity contribution in [2.45, 2.75) is 23.9 Å². The summed E-state index contributed by atoms with van der Waals surface area (Å²) in [6.45, 7) is 6.57. The van der Waals surface area contributed by atoms with Gasteiger partial charge in [0.2, 0.25) is 0 Å². The molecule has 1 N–H and O–H groups in total. The summed E-state index contributed by atoms with van der Waals surface area (Å²) in [5.41, 5.74) is 0. The summed E-state index contributed by atoms with van der Waals surface area (Å²) in [4.78, 5) is 0. The van der Waals surface area contributed by atoms with Gasteiger partial charge >= 0.3 is 0 Å². The van der Waals surface area contributed by atoms with E-state index in [2.05, 4.69) is 41.8 Å². The van der Waals surface area contributed by atoms with E-state index in [1.54, 1.807) is 0 Å². The highest BCUT2D eigenvalue weighted by Crippen LogP contribution is 2.41. The number of ether oxygens (including phenoxy) is 1. The van der Waals surface area contributed by atoms with E-state index in [0.29, 0.717) is 11.8 Å². The molecular weight excluding hydrogens is 361 g/mol. The second kappa shape index (κ2) is 5.97. The number of hydrogen-bond donors (Lipinski definition) is 1. The monoisotopic (exact) mass is 379 g/mol. The number of halogens is 2. The molecule has 2 nitrogen and oxygen atoms in total. The predicted octanol–water partition coefficient (Wildman–Crippen LogP) is 4.12. The lowest BCUT2D eigenvalue weighted by Crippen LogP contribution is -2.43. The van der Waals surface area contributed by atoms with Gasteiger partial charge in [-0.25, -0.2) is 0 Å². The van der Waals surface area contributed by atoms with E-state index in [0.717, 1.165) is 23.9 Å². The molecule has 1 saturated heterocycles. The molecule has 18 heavy (non-hydrogen) atoms. The van der Waals surface area contributed by atoms with Gasteiger partial charge in [-0.1, -0.05) is 25.4 Å². The summed E-state index contributed by atoms with van der Waals surface area (Å²) in [7, 11) is 0. The van der Waals surface area contributed by atoms with Gasteiger partial charge in [-0.2, -0.15) is 0 Å². The smallest absolute Gasteiger partial charge is 0.165 e. The van der Waals surface area contributed by atoms with Gasteiger partial charge < -0.3 is 10.1 Å². The Morgan fingerprint density at radius 1 is 1.39 bits per heavy atom. The summed E-state index contributed by atoms with van der Waals surface area (Å²) < 4.78 is 6.13. The van der Waals surface area contributed by atoms with Crippen molar-refractivity contribution in [2.24, 2.45) is 11.8 Å². The Bertz CT molecular complexity index is 389. The average Bonchev–Trinajstić information content (AvgIpc) is 2.86. The molecule has 1 aliphatic rings. The Morgan fingerprint density at radius 3 is 2.56 bits per heavy atom. The first-order valence-corrected chi connectivity index (χ1v) is 7.82. The normalized spacial score (nSPS) is 23.1. The van der Waals surface area contributed by atoms with Crippen molar-refractivity contribution in [3.63, 3.8) is 0 Å². The van der Waals surface area contributed by atoms with Crippen LogP contribution in [-0.4, -0.2) is 16.7 Å². The van der Waals surface area contributed by atoms with Crippen LogP contribution in [0, 0.1) is 11.8 Å². The van der Waals surface area contributed by atoms with Crippen molar-refractivity contribution in [3.05, 3.63) is 29.3 Å². The molecule has 0 spiro atoms. The quantitative estimate of drug-likeness (QED) is 0.628. The standard InChI is InChI=1S/C14H19ClINO/c1-10(2)14(16,11-7-8-17-9-11)18-13-5-3-12(15)4-6-13/h3-6,10-11,17H,7-9H2,1-2H3/t11?,14-/m1/s1. The van der Waals surface area contributed by atoms with Gasteiger partial charge in [0, 0.05) is 23.4 Å². The second-order valence-electron chi connectivity index (χ2n) is 5.10. The summed E-state index contributed by atoms with van der Waals surface area (Å²) >= 11 is 8.39. The summed E-state index contributed by atoms with van der Waals surface area (Å²) in [5, 5.41) is 4.17. The van der Waals surface area contributed by atoms with Gasteiger partial charge in [0.05, 0.1) is 0 Å². The zero-order valence-corrected chi connectivity index (χ0v) is 13.7. The molecule has 1 aliphatic heterocycles. The second-order valence-corrected chi connectivity index (χ2v) is 7.22. The molecule has 1 aromatic carbocycles. The molecule has 1 aromatic rings. The first kappa shape index (κ1) is 14.4. The Balaban J connectivity index is 2.17. The molecule has 2 rings (SSSR count). The Hall–Kier alpha value is -0.0000000000000000208. The van der Waals surface area contributed by atoms with Crippen LogP contribution in [-0.2, 0) is 0 Å². The van der Waals surface area contributed by atoms with Crippen molar-refractivity contribution in [2.75, 3.05) is 13.1 Å². The zero-order chi connectivity index (χ0) is 13.2. The fourth-order valence-corrected chi connectivity index (χ4v) is 3.26. The first-order valence-electron chi connectivity index (χ1n) is 6.36. The first-order chi connectivity index (χ1) is 8.52. The van der Waals surface area contributed by atoms with Crippen LogP contribution in [0.25, 0.3) is 0 Å². The van der Waals surface area contributed by atoms with Gasteiger partial charge in [0.25, 0.3) is 0 Å². The Kier molecular flexibility index (Phi) is 4.78. The van der Waals surface area contributed by atoms with Crippen molar-refractivity contribution >= 4 is 34.2 Å². The van der Waals surface area contributed by atoms with Gasteiger partial charge in [0.15, 0.2) is 3.61 Å². The molecule has 0 amide bonds. The summed E-state index contributed by atoms with van der Waals surface area (Å²) in [5.74, 6) is 1.90.